The Kier molecular flexibility index (Phi) is 5.07. The molecular weight excluding hydrogens is 347 g/mol. The third-order valence-electron chi connectivity index (χ3n) is 3.94. The molecule has 3 rings (SSSR count). The highest BCUT2D eigenvalue weighted by Gasteiger charge is 2.20. The molecule has 0 spiro atoms. The molecule has 2 aromatic rings. The van der Waals surface area contributed by atoms with Crippen LogP contribution < -0.4 is 5.32 Å². The van der Waals surface area contributed by atoms with E-state index in [1.165, 1.54) is 0 Å². The van der Waals surface area contributed by atoms with Gasteiger partial charge in [0.25, 0.3) is 5.91 Å². The lowest BCUT2D eigenvalue weighted by Crippen LogP contribution is -2.23. The Hall–Kier alpha value is -2.04. The molecule has 6 heteroatoms. The lowest BCUT2D eigenvalue weighted by molar-refractivity contribution is -0.128. The summed E-state index contributed by atoms with van der Waals surface area (Å²) < 4.78 is 0. The molecule has 0 aromatic heterocycles. The first kappa shape index (κ1) is 16.8. The first-order valence-electron chi connectivity index (χ1n) is 7.66. The number of anilines is 1. The molecular formula is C18H16Cl2N2O2. The van der Waals surface area contributed by atoms with Gasteiger partial charge in [-0.3, -0.25) is 9.59 Å². The molecule has 4 nitrogen and oxygen atoms in total. The van der Waals surface area contributed by atoms with E-state index >= 15 is 0 Å². The van der Waals surface area contributed by atoms with Crippen LogP contribution >= 0.6 is 23.2 Å². The first-order chi connectivity index (χ1) is 11.5. The Morgan fingerprint density at radius 1 is 1.12 bits per heavy atom. The SMILES string of the molecule is O=C(Nc1cc(Cl)ccc1Cl)c1ccc(CN2CCCC2=O)cc1. The summed E-state index contributed by atoms with van der Waals surface area (Å²) in [4.78, 5) is 25.8. The summed E-state index contributed by atoms with van der Waals surface area (Å²) >= 11 is 12.0. The van der Waals surface area contributed by atoms with Crippen molar-refractivity contribution in [2.24, 2.45) is 0 Å². The fraction of sp³-hybridized carbons (Fsp3) is 0.222. The Labute approximate surface area is 150 Å². The number of rotatable bonds is 4. The van der Waals surface area contributed by atoms with Gasteiger partial charge in [-0.15, -0.1) is 0 Å². The zero-order valence-corrected chi connectivity index (χ0v) is 14.4. The third kappa shape index (κ3) is 3.89. The number of likely N-dealkylation sites (tertiary alicyclic amines) is 1. The summed E-state index contributed by atoms with van der Waals surface area (Å²) in [6.07, 6.45) is 1.54. The number of hydrogen-bond acceptors (Lipinski definition) is 2. The molecule has 0 aliphatic carbocycles. The van der Waals surface area contributed by atoms with Gasteiger partial charge < -0.3 is 10.2 Å². The van der Waals surface area contributed by atoms with Crippen LogP contribution in [0.2, 0.25) is 10.0 Å². The van der Waals surface area contributed by atoms with Gasteiger partial charge in [-0.25, -0.2) is 0 Å². The Bertz CT molecular complexity index is 775. The predicted molar refractivity (Wildman–Crippen MR) is 95.5 cm³/mol. The van der Waals surface area contributed by atoms with Crippen LogP contribution in [0.25, 0.3) is 0 Å². The van der Waals surface area contributed by atoms with Crippen molar-refractivity contribution in [3.05, 3.63) is 63.6 Å². The lowest BCUT2D eigenvalue weighted by Gasteiger charge is -2.15. The number of nitrogens with zero attached hydrogens (tertiary/aromatic N) is 1. The monoisotopic (exact) mass is 362 g/mol. The second kappa shape index (κ2) is 7.24. The van der Waals surface area contributed by atoms with Gasteiger partial charge in [-0.2, -0.15) is 0 Å². The minimum absolute atomic E-state index is 0.187. The van der Waals surface area contributed by atoms with Crippen LogP contribution in [0.1, 0.15) is 28.8 Å². The van der Waals surface area contributed by atoms with E-state index in [1.807, 2.05) is 17.0 Å². The van der Waals surface area contributed by atoms with Crippen molar-refractivity contribution in [1.82, 2.24) is 4.90 Å². The molecule has 124 valence electrons. The minimum atomic E-state index is -0.261. The van der Waals surface area contributed by atoms with E-state index < -0.39 is 0 Å². The van der Waals surface area contributed by atoms with Crippen molar-refractivity contribution in [3.8, 4) is 0 Å². The van der Waals surface area contributed by atoms with Crippen molar-refractivity contribution >= 4 is 40.7 Å². The Morgan fingerprint density at radius 2 is 1.88 bits per heavy atom. The van der Waals surface area contributed by atoms with Crippen LogP contribution in [0.5, 0.6) is 0 Å². The molecule has 0 bridgehead atoms. The number of nitrogens with one attached hydrogen (secondary N) is 1. The molecule has 1 aliphatic rings. The number of carbonyl (C=O) groups excluding carboxylic acids is 2. The number of halogens is 2. The van der Waals surface area contributed by atoms with E-state index in [-0.39, 0.29) is 11.8 Å². The van der Waals surface area contributed by atoms with E-state index in [4.69, 9.17) is 23.2 Å². The first-order valence-corrected chi connectivity index (χ1v) is 8.41. The molecule has 0 saturated carbocycles. The van der Waals surface area contributed by atoms with Crippen molar-refractivity contribution in [2.75, 3.05) is 11.9 Å². The van der Waals surface area contributed by atoms with Crippen LogP contribution in [0.4, 0.5) is 5.69 Å². The smallest absolute Gasteiger partial charge is 0.255 e. The summed E-state index contributed by atoms with van der Waals surface area (Å²) in [7, 11) is 0. The standard InChI is InChI=1S/C18H16Cl2N2O2/c19-14-7-8-15(20)16(10-14)21-18(24)13-5-3-12(4-6-13)11-22-9-1-2-17(22)23/h3-8,10H,1-2,9,11H2,(H,21,24). The summed E-state index contributed by atoms with van der Waals surface area (Å²) in [5.41, 5.74) is 1.99. The molecule has 2 aromatic carbocycles. The molecule has 0 radical (unpaired) electrons. The summed E-state index contributed by atoms with van der Waals surface area (Å²) in [6.45, 7) is 1.38. The fourth-order valence-corrected chi connectivity index (χ4v) is 2.98. The maximum absolute atomic E-state index is 12.3. The van der Waals surface area contributed by atoms with Gasteiger partial charge in [0.05, 0.1) is 10.7 Å². The second-order valence-electron chi connectivity index (χ2n) is 5.69. The van der Waals surface area contributed by atoms with Crippen LogP contribution in [-0.2, 0) is 11.3 Å². The van der Waals surface area contributed by atoms with E-state index in [2.05, 4.69) is 5.32 Å². The van der Waals surface area contributed by atoms with Crippen molar-refractivity contribution in [2.45, 2.75) is 19.4 Å². The zero-order chi connectivity index (χ0) is 17.1. The van der Waals surface area contributed by atoms with Gasteiger partial charge in [0.2, 0.25) is 5.91 Å². The number of benzene rings is 2. The van der Waals surface area contributed by atoms with Gasteiger partial charge in [-0.05, 0) is 42.3 Å². The quantitative estimate of drug-likeness (QED) is 0.877. The molecule has 1 N–H and O–H groups in total. The summed E-state index contributed by atoms with van der Waals surface area (Å²) in [6, 6.07) is 12.1. The van der Waals surface area contributed by atoms with E-state index in [0.717, 1.165) is 18.5 Å². The topological polar surface area (TPSA) is 49.4 Å². The number of hydrogen-bond donors (Lipinski definition) is 1. The maximum atomic E-state index is 12.3. The van der Waals surface area contributed by atoms with Crippen molar-refractivity contribution in [1.29, 1.82) is 0 Å². The van der Waals surface area contributed by atoms with Crippen LogP contribution in [0, 0.1) is 0 Å². The normalized spacial score (nSPS) is 14.1. The molecule has 1 aliphatic heterocycles. The molecule has 24 heavy (non-hydrogen) atoms. The van der Waals surface area contributed by atoms with Crippen LogP contribution in [0.3, 0.4) is 0 Å². The van der Waals surface area contributed by atoms with Gasteiger partial charge >= 0.3 is 0 Å². The number of carbonyl (C=O) groups is 2. The van der Waals surface area contributed by atoms with Crippen LogP contribution in [0.15, 0.2) is 42.5 Å². The minimum Gasteiger partial charge on any atom is -0.338 e. The summed E-state index contributed by atoms with van der Waals surface area (Å²) in [5.74, 6) is -0.0737. The van der Waals surface area contributed by atoms with Gasteiger partial charge in [0.1, 0.15) is 0 Å². The van der Waals surface area contributed by atoms with Gasteiger partial charge in [0, 0.05) is 30.1 Å². The Balaban J connectivity index is 1.67. The second-order valence-corrected chi connectivity index (χ2v) is 6.54. The molecule has 1 heterocycles. The van der Waals surface area contributed by atoms with Crippen molar-refractivity contribution in [3.63, 3.8) is 0 Å². The van der Waals surface area contributed by atoms with E-state index in [0.29, 0.717) is 34.3 Å². The summed E-state index contributed by atoms with van der Waals surface area (Å²) in [5, 5.41) is 3.68. The molecule has 1 fully saturated rings. The number of amides is 2. The lowest BCUT2D eigenvalue weighted by atomic mass is 10.1. The molecule has 0 unspecified atom stereocenters. The highest BCUT2D eigenvalue weighted by atomic mass is 35.5. The van der Waals surface area contributed by atoms with E-state index in [9.17, 15) is 9.59 Å². The van der Waals surface area contributed by atoms with E-state index in [1.54, 1.807) is 30.3 Å². The maximum Gasteiger partial charge on any atom is 0.255 e. The fourth-order valence-electron chi connectivity index (χ4n) is 2.64. The average molecular weight is 363 g/mol. The predicted octanol–water partition coefficient (Wildman–Crippen LogP) is 4.37. The largest absolute Gasteiger partial charge is 0.338 e. The molecule has 1 saturated heterocycles. The van der Waals surface area contributed by atoms with Gasteiger partial charge in [-0.1, -0.05) is 35.3 Å². The van der Waals surface area contributed by atoms with Crippen molar-refractivity contribution < 1.29 is 9.59 Å². The third-order valence-corrected chi connectivity index (χ3v) is 4.50. The van der Waals surface area contributed by atoms with Crippen LogP contribution in [-0.4, -0.2) is 23.3 Å². The molecule has 0 atom stereocenters. The molecule has 2 amide bonds. The highest BCUT2D eigenvalue weighted by Crippen LogP contribution is 2.26. The van der Waals surface area contributed by atoms with Gasteiger partial charge in [0.15, 0.2) is 0 Å². The average Bonchev–Trinajstić information content (AvgIpc) is 2.96. The Morgan fingerprint density at radius 3 is 2.54 bits per heavy atom. The highest BCUT2D eigenvalue weighted by molar-refractivity contribution is 6.35. The zero-order valence-electron chi connectivity index (χ0n) is 12.9.